The van der Waals surface area contributed by atoms with Gasteiger partial charge < -0.3 is 15.2 Å². The number of hydrogen-bond donors (Lipinski definition) is 1. The molecule has 5 nitrogen and oxygen atoms in total. The summed E-state index contributed by atoms with van der Waals surface area (Å²) in [5.41, 5.74) is 5.65. The second kappa shape index (κ2) is 3.75. The van der Waals surface area contributed by atoms with Crippen LogP contribution in [0.3, 0.4) is 0 Å². The van der Waals surface area contributed by atoms with E-state index in [-0.39, 0.29) is 11.5 Å². The third kappa shape index (κ3) is 1.87. The van der Waals surface area contributed by atoms with Crippen LogP contribution in [0.25, 0.3) is 0 Å². The van der Waals surface area contributed by atoms with Gasteiger partial charge >= 0.3 is 5.97 Å². The zero-order valence-electron chi connectivity index (χ0n) is 7.40. The van der Waals surface area contributed by atoms with E-state index in [9.17, 15) is 4.79 Å². The Morgan fingerprint density at radius 1 is 1.46 bits per heavy atom. The molecule has 0 aliphatic rings. The van der Waals surface area contributed by atoms with Crippen LogP contribution in [0.1, 0.15) is 10.5 Å². The van der Waals surface area contributed by atoms with Gasteiger partial charge in [0, 0.05) is 0 Å². The van der Waals surface area contributed by atoms with E-state index in [0.717, 1.165) is 0 Å². The number of anilines is 1. The van der Waals surface area contributed by atoms with Gasteiger partial charge in [-0.2, -0.15) is 0 Å². The van der Waals surface area contributed by atoms with Gasteiger partial charge in [-0.15, -0.1) is 0 Å². The average Bonchev–Trinajstić information content (AvgIpc) is 2.16. The van der Waals surface area contributed by atoms with E-state index in [1.54, 1.807) is 6.07 Å². The maximum Gasteiger partial charge on any atom is 0.356 e. The molecule has 1 aromatic rings. The highest BCUT2D eigenvalue weighted by Crippen LogP contribution is 2.18. The van der Waals surface area contributed by atoms with E-state index in [0.29, 0.717) is 5.75 Å². The van der Waals surface area contributed by atoms with Gasteiger partial charge in [0.1, 0.15) is 0 Å². The summed E-state index contributed by atoms with van der Waals surface area (Å²) in [5, 5.41) is 0. The minimum absolute atomic E-state index is 0.167. The Labute approximate surface area is 75.5 Å². The van der Waals surface area contributed by atoms with Crippen molar-refractivity contribution in [3.63, 3.8) is 0 Å². The Kier molecular flexibility index (Phi) is 2.69. The summed E-state index contributed by atoms with van der Waals surface area (Å²) in [4.78, 5) is 14.8. The molecule has 0 saturated carbocycles. The van der Waals surface area contributed by atoms with E-state index < -0.39 is 5.97 Å². The first kappa shape index (κ1) is 9.31. The minimum atomic E-state index is -0.519. The quantitative estimate of drug-likeness (QED) is 0.672. The van der Waals surface area contributed by atoms with Crippen LogP contribution in [-0.4, -0.2) is 25.2 Å². The monoisotopic (exact) mass is 182 g/mol. The molecule has 0 aromatic carbocycles. The van der Waals surface area contributed by atoms with Crippen molar-refractivity contribution < 1.29 is 14.3 Å². The van der Waals surface area contributed by atoms with E-state index in [4.69, 9.17) is 10.5 Å². The van der Waals surface area contributed by atoms with Crippen LogP contribution in [0.5, 0.6) is 5.75 Å². The van der Waals surface area contributed by atoms with Crippen molar-refractivity contribution in [3.8, 4) is 5.75 Å². The lowest BCUT2D eigenvalue weighted by Crippen LogP contribution is -2.06. The standard InChI is InChI=1S/C8H10N2O3/c1-12-6-4-3-5(8(11)13-2)10-7(6)9/h3-4H,1-2H3,(H2,9,10). The second-order valence-electron chi connectivity index (χ2n) is 2.28. The summed E-state index contributed by atoms with van der Waals surface area (Å²) in [6.45, 7) is 0. The van der Waals surface area contributed by atoms with Crippen molar-refractivity contribution in [2.75, 3.05) is 20.0 Å². The summed E-state index contributed by atoms with van der Waals surface area (Å²) in [5.74, 6) is 0.0902. The summed E-state index contributed by atoms with van der Waals surface area (Å²) in [6.07, 6.45) is 0. The minimum Gasteiger partial charge on any atom is -0.493 e. The topological polar surface area (TPSA) is 74.4 Å². The van der Waals surface area contributed by atoms with Gasteiger partial charge in [-0.1, -0.05) is 0 Å². The third-order valence-corrected chi connectivity index (χ3v) is 1.50. The van der Waals surface area contributed by atoms with Crippen molar-refractivity contribution in [3.05, 3.63) is 17.8 Å². The Hall–Kier alpha value is -1.78. The predicted molar refractivity (Wildman–Crippen MR) is 46.5 cm³/mol. The number of aromatic nitrogens is 1. The van der Waals surface area contributed by atoms with Crippen LogP contribution >= 0.6 is 0 Å². The van der Waals surface area contributed by atoms with Gasteiger partial charge in [0.05, 0.1) is 14.2 Å². The highest BCUT2D eigenvalue weighted by atomic mass is 16.5. The molecule has 5 heteroatoms. The molecule has 0 amide bonds. The molecule has 0 fully saturated rings. The lowest BCUT2D eigenvalue weighted by molar-refractivity contribution is 0.0594. The van der Waals surface area contributed by atoms with Gasteiger partial charge in [-0.25, -0.2) is 9.78 Å². The molecular weight excluding hydrogens is 172 g/mol. The molecule has 1 heterocycles. The Morgan fingerprint density at radius 2 is 2.15 bits per heavy atom. The number of esters is 1. The summed E-state index contributed by atoms with van der Waals surface area (Å²) in [7, 11) is 2.76. The fourth-order valence-electron chi connectivity index (χ4n) is 0.853. The number of carbonyl (C=O) groups excluding carboxylic acids is 1. The molecule has 0 radical (unpaired) electrons. The number of nitrogen functional groups attached to an aromatic ring is 1. The van der Waals surface area contributed by atoms with Crippen molar-refractivity contribution >= 4 is 11.8 Å². The largest absolute Gasteiger partial charge is 0.493 e. The van der Waals surface area contributed by atoms with Crippen LogP contribution in [0, 0.1) is 0 Å². The highest BCUT2D eigenvalue weighted by Gasteiger charge is 2.09. The normalized spacial score (nSPS) is 9.38. The molecular formula is C8H10N2O3. The first-order chi connectivity index (χ1) is 6.19. The third-order valence-electron chi connectivity index (χ3n) is 1.50. The van der Waals surface area contributed by atoms with Gasteiger partial charge in [-0.3, -0.25) is 0 Å². The summed E-state index contributed by atoms with van der Waals surface area (Å²) in [6, 6.07) is 3.05. The molecule has 0 bridgehead atoms. The number of hydrogen-bond acceptors (Lipinski definition) is 5. The SMILES string of the molecule is COC(=O)c1ccc(OC)c(N)n1. The van der Waals surface area contributed by atoms with Crippen LogP contribution in [0.4, 0.5) is 5.82 Å². The molecule has 1 rings (SSSR count). The van der Waals surface area contributed by atoms with Crippen molar-refractivity contribution in [2.45, 2.75) is 0 Å². The molecule has 0 spiro atoms. The first-order valence-electron chi connectivity index (χ1n) is 3.58. The smallest absolute Gasteiger partial charge is 0.356 e. The molecule has 70 valence electrons. The van der Waals surface area contributed by atoms with Crippen LogP contribution in [0.15, 0.2) is 12.1 Å². The van der Waals surface area contributed by atoms with Crippen molar-refractivity contribution in [1.82, 2.24) is 4.98 Å². The predicted octanol–water partition coefficient (Wildman–Crippen LogP) is 0.459. The Balaban J connectivity index is 3.02. The maximum atomic E-state index is 11.0. The van der Waals surface area contributed by atoms with E-state index in [1.165, 1.54) is 20.3 Å². The van der Waals surface area contributed by atoms with Crippen molar-refractivity contribution in [2.24, 2.45) is 0 Å². The number of nitrogens with zero attached hydrogens (tertiary/aromatic N) is 1. The molecule has 2 N–H and O–H groups in total. The van der Waals surface area contributed by atoms with E-state index in [1.807, 2.05) is 0 Å². The molecule has 0 atom stereocenters. The number of ether oxygens (including phenoxy) is 2. The maximum absolute atomic E-state index is 11.0. The van der Waals surface area contributed by atoms with E-state index >= 15 is 0 Å². The number of nitrogens with two attached hydrogens (primary N) is 1. The summed E-state index contributed by atoms with van der Waals surface area (Å²) >= 11 is 0. The Bertz CT molecular complexity index is 325. The highest BCUT2D eigenvalue weighted by molar-refractivity contribution is 5.87. The Morgan fingerprint density at radius 3 is 2.62 bits per heavy atom. The van der Waals surface area contributed by atoms with Gasteiger partial charge in [0.15, 0.2) is 17.3 Å². The number of carbonyl (C=O) groups is 1. The number of methoxy groups -OCH3 is 2. The molecule has 0 unspecified atom stereocenters. The van der Waals surface area contributed by atoms with Gasteiger partial charge in [-0.05, 0) is 12.1 Å². The lowest BCUT2D eigenvalue weighted by Gasteiger charge is -2.04. The fraction of sp³-hybridized carbons (Fsp3) is 0.250. The van der Waals surface area contributed by atoms with Crippen molar-refractivity contribution in [1.29, 1.82) is 0 Å². The molecule has 0 aliphatic heterocycles. The number of pyridine rings is 1. The van der Waals surface area contributed by atoms with Crippen LogP contribution in [-0.2, 0) is 4.74 Å². The lowest BCUT2D eigenvalue weighted by atomic mass is 10.3. The molecule has 0 aliphatic carbocycles. The number of rotatable bonds is 2. The zero-order valence-corrected chi connectivity index (χ0v) is 7.40. The van der Waals surface area contributed by atoms with Gasteiger partial charge in [0.2, 0.25) is 0 Å². The first-order valence-corrected chi connectivity index (χ1v) is 3.58. The zero-order chi connectivity index (χ0) is 9.84. The fourth-order valence-corrected chi connectivity index (χ4v) is 0.853. The van der Waals surface area contributed by atoms with Crippen LogP contribution < -0.4 is 10.5 Å². The van der Waals surface area contributed by atoms with E-state index in [2.05, 4.69) is 9.72 Å². The van der Waals surface area contributed by atoms with Crippen LogP contribution in [0.2, 0.25) is 0 Å². The average molecular weight is 182 g/mol. The second-order valence-corrected chi connectivity index (χ2v) is 2.28. The van der Waals surface area contributed by atoms with Gasteiger partial charge in [0.25, 0.3) is 0 Å². The summed E-state index contributed by atoms with van der Waals surface area (Å²) < 4.78 is 9.34. The molecule has 0 saturated heterocycles. The molecule has 13 heavy (non-hydrogen) atoms. The molecule has 1 aromatic heterocycles.